The van der Waals surface area contributed by atoms with E-state index < -0.39 is 44.1 Å². The molecule has 1 saturated heterocycles. The maximum Gasteiger partial charge on any atom is 0.403 e. The van der Waals surface area contributed by atoms with E-state index in [4.69, 9.17) is 18.7 Å². The predicted octanol–water partition coefficient (Wildman–Crippen LogP) is 1.45. The number of hydrogen-bond donors (Lipinski definition) is 4. The van der Waals surface area contributed by atoms with Gasteiger partial charge in [0.1, 0.15) is 0 Å². The summed E-state index contributed by atoms with van der Waals surface area (Å²) < 4.78 is 35.1. The molecular formula is C19H38NO8P. The van der Waals surface area contributed by atoms with Crippen molar-refractivity contribution in [3.05, 3.63) is 0 Å². The molecule has 9 atom stereocenters. The van der Waals surface area contributed by atoms with E-state index in [0.29, 0.717) is 6.42 Å². The molecule has 0 radical (unpaired) electrons. The molecule has 0 amide bonds. The fourth-order valence-electron chi connectivity index (χ4n) is 3.99. The molecule has 2 rings (SSSR count). The summed E-state index contributed by atoms with van der Waals surface area (Å²) >= 11 is 0. The Labute approximate surface area is 173 Å². The topological polar surface area (TPSA) is 127 Å². The Morgan fingerprint density at radius 3 is 2.34 bits per heavy atom. The molecule has 29 heavy (non-hydrogen) atoms. The van der Waals surface area contributed by atoms with Gasteiger partial charge in [-0.2, -0.15) is 0 Å². The van der Waals surface area contributed by atoms with Crippen LogP contribution in [0.5, 0.6) is 0 Å². The van der Waals surface area contributed by atoms with E-state index in [-0.39, 0.29) is 37.4 Å². The summed E-state index contributed by atoms with van der Waals surface area (Å²) in [4.78, 5) is 10.3. The standard InChI is InChI=1S/C19H38NO8P/c1-10(2)25-9-16-17(19(22)13(6)28-16)20-29(23,24)26-8-14-15(27-11(3)4)7-12(5)18(14)21/h10-19,21-22H,7-9H2,1-6H3,(H2,20,23,24)/t12-,13-,14+,15?,16+,17?,18?,19+/m0/s1. The zero-order valence-electron chi connectivity index (χ0n) is 18.2. The molecule has 1 aliphatic heterocycles. The molecule has 1 heterocycles. The molecule has 4 unspecified atom stereocenters. The highest BCUT2D eigenvalue weighted by Gasteiger charge is 2.46. The van der Waals surface area contributed by atoms with Crippen LogP contribution in [0.3, 0.4) is 0 Å². The Hall–Kier alpha value is -0.0900. The monoisotopic (exact) mass is 439 g/mol. The smallest absolute Gasteiger partial charge is 0.392 e. The highest BCUT2D eigenvalue weighted by atomic mass is 31.2. The van der Waals surface area contributed by atoms with Gasteiger partial charge in [-0.1, -0.05) is 6.92 Å². The van der Waals surface area contributed by atoms with E-state index in [9.17, 15) is 19.7 Å². The van der Waals surface area contributed by atoms with Gasteiger partial charge >= 0.3 is 7.75 Å². The van der Waals surface area contributed by atoms with Gasteiger partial charge in [-0.25, -0.2) is 9.65 Å². The predicted molar refractivity (Wildman–Crippen MR) is 107 cm³/mol. The van der Waals surface area contributed by atoms with Crippen LogP contribution in [0.15, 0.2) is 0 Å². The van der Waals surface area contributed by atoms with Crippen LogP contribution in [-0.4, -0.2) is 77.1 Å². The third kappa shape index (κ3) is 6.95. The number of rotatable bonds is 10. The Kier molecular flexibility index (Phi) is 9.10. The Bertz CT molecular complexity index is 560. The molecule has 0 bridgehead atoms. The summed E-state index contributed by atoms with van der Waals surface area (Å²) in [5.74, 6) is -0.389. The van der Waals surface area contributed by atoms with Crippen LogP contribution in [0.2, 0.25) is 0 Å². The highest BCUT2D eigenvalue weighted by Crippen LogP contribution is 2.43. The minimum absolute atomic E-state index is 0.0156. The van der Waals surface area contributed by atoms with Crippen LogP contribution < -0.4 is 5.09 Å². The van der Waals surface area contributed by atoms with Crippen LogP contribution in [0.25, 0.3) is 0 Å². The summed E-state index contributed by atoms with van der Waals surface area (Å²) in [6, 6.07) is -0.810. The number of aliphatic hydroxyl groups is 2. The molecule has 1 aliphatic carbocycles. The van der Waals surface area contributed by atoms with E-state index in [1.807, 2.05) is 34.6 Å². The van der Waals surface area contributed by atoms with Gasteiger partial charge in [0.05, 0.1) is 62.0 Å². The number of nitrogens with one attached hydrogen (secondary N) is 1. The zero-order valence-corrected chi connectivity index (χ0v) is 19.1. The minimum Gasteiger partial charge on any atom is -0.392 e. The maximum atomic E-state index is 12.7. The summed E-state index contributed by atoms with van der Waals surface area (Å²) in [6.07, 6.45) is -2.37. The SMILES string of the molecule is CC(C)OC[C@H]1O[C@@H](C)[C@@H](O)C1NP(=O)(O)OC[C@@H]1C(OC(C)C)C[C@H](C)C1O. The van der Waals surface area contributed by atoms with Crippen LogP contribution in [-0.2, 0) is 23.3 Å². The highest BCUT2D eigenvalue weighted by molar-refractivity contribution is 7.50. The van der Waals surface area contributed by atoms with Crippen LogP contribution >= 0.6 is 7.75 Å². The summed E-state index contributed by atoms with van der Waals surface area (Å²) in [6.45, 7) is 11.2. The maximum absolute atomic E-state index is 12.7. The first kappa shape index (κ1) is 25.2. The lowest BCUT2D eigenvalue weighted by Gasteiger charge is -2.28. The molecule has 0 aromatic carbocycles. The molecule has 172 valence electrons. The number of aliphatic hydroxyl groups excluding tert-OH is 2. The van der Waals surface area contributed by atoms with Crippen LogP contribution in [0.1, 0.15) is 48.0 Å². The van der Waals surface area contributed by atoms with Gasteiger partial charge in [-0.3, -0.25) is 4.52 Å². The van der Waals surface area contributed by atoms with E-state index in [2.05, 4.69) is 5.09 Å². The van der Waals surface area contributed by atoms with Crippen molar-refractivity contribution in [2.45, 2.75) is 96.7 Å². The lowest BCUT2D eigenvalue weighted by Crippen LogP contribution is -2.45. The second kappa shape index (κ2) is 10.5. The number of hydrogen-bond acceptors (Lipinski definition) is 7. The quantitative estimate of drug-likeness (QED) is 0.374. The first-order chi connectivity index (χ1) is 13.4. The second-order valence-electron chi connectivity index (χ2n) is 8.81. The Morgan fingerprint density at radius 1 is 1.10 bits per heavy atom. The van der Waals surface area contributed by atoms with Crippen molar-refractivity contribution in [3.63, 3.8) is 0 Å². The van der Waals surface area contributed by atoms with Gasteiger partial charge < -0.3 is 29.3 Å². The van der Waals surface area contributed by atoms with Crippen molar-refractivity contribution in [1.82, 2.24) is 5.09 Å². The average molecular weight is 439 g/mol. The zero-order chi connectivity index (χ0) is 21.9. The Balaban J connectivity index is 1.97. The fraction of sp³-hybridized carbons (Fsp3) is 1.00. The minimum atomic E-state index is -4.26. The van der Waals surface area contributed by atoms with Crippen molar-refractivity contribution in [2.24, 2.45) is 11.8 Å². The third-order valence-electron chi connectivity index (χ3n) is 5.54. The molecule has 1 saturated carbocycles. The fourth-order valence-corrected chi connectivity index (χ4v) is 5.13. The normalized spacial score (nSPS) is 40.1. The molecule has 2 fully saturated rings. The second-order valence-corrected chi connectivity index (χ2v) is 10.4. The first-order valence-electron chi connectivity index (χ1n) is 10.4. The lowest BCUT2D eigenvalue weighted by molar-refractivity contribution is -0.0449. The Morgan fingerprint density at radius 2 is 1.76 bits per heavy atom. The van der Waals surface area contributed by atoms with E-state index >= 15 is 0 Å². The molecule has 0 aromatic heterocycles. The van der Waals surface area contributed by atoms with Crippen molar-refractivity contribution in [3.8, 4) is 0 Å². The van der Waals surface area contributed by atoms with Crippen LogP contribution in [0.4, 0.5) is 0 Å². The first-order valence-corrected chi connectivity index (χ1v) is 12.0. The molecule has 9 nitrogen and oxygen atoms in total. The summed E-state index contributed by atoms with van der Waals surface area (Å²) in [7, 11) is -4.26. The van der Waals surface area contributed by atoms with Crippen LogP contribution in [0, 0.1) is 11.8 Å². The largest absolute Gasteiger partial charge is 0.403 e. The van der Waals surface area contributed by atoms with Crippen molar-refractivity contribution < 1.29 is 38.4 Å². The van der Waals surface area contributed by atoms with Gasteiger partial charge in [0.2, 0.25) is 0 Å². The third-order valence-corrected chi connectivity index (χ3v) is 6.66. The van der Waals surface area contributed by atoms with Gasteiger partial charge in [-0.05, 0) is 47.0 Å². The van der Waals surface area contributed by atoms with Crippen molar-refractivity contribution in [1.29, 1.82) is 0 Å². The summed E-state index contributed by atoms with van der Waals surface area (Å²) in [5.41, 5.74) is 0. The molecule has 4 N–H and O–H groups in total. The van der Waals surface area contributed by atoms with E-state index in [0.717, 1.165) is 0 Å². The van der Waals surface area contributed by atoms with E-state index in [1.54, 1.807) is 6.92 Å². The molecule has 10 heteroatoms. The van der Waals surface area contributed by atoms with Gasteiger partial charge in [0.15, 0.2) is 0 Å². The average Bonchev–Trinajstić information content (AvgIpc) is 3.01. The molecule has 2 aliphatic rings. The van der Waals surface area contributed by atoms with Gasteiger partial charge in [-0.15, -0.1) is 0 Å². The van der Waals surface area contributed by atoms with Crippen molar-refractivity contribution >= 4 is 7.75 Å². The molecular weight excluding hydrogens is 401 g/mol. The van der Waals surface area contributed by atoms with Gasteiger partial charge in [0, 0.05) is 5.92 Å². The molecule has 0 spiro atoms. The van der Waals surface area contributed by atoms with Gasteiger partial charge in [0.25, 0.3) is 0 Å². The summed E-state index contributed by atoms with van der Waals surface area (Å²) in [5, 5.41) is 23.3. The number of ether oxygens (including phenoxy) is 3. The van der Waals surface area contributed by atoms with Crippen molar-refractivity contribution in [2.75, 3.05) is 13.2 Å². The molecule has 0 aromatic rings. The lowest BCUT2D eigenvalue weighted by atomic mass is 10.0. The van der Waals surface area contributed by atoms with E-state index in [1.165, 1.54) is 0 Å².